The maximum Gasteiger partial charge on any atom is 0.262 e. The third-order valence-electron chi connectivity index (χ3n) is 4.74. The van der Waals surface area contributed by atoms with Gasteiger partial charge < -0.3 is 5.32 Å². The highest BCUT2D eigenvalue weighted by molar-refractivity contribution is 7.99. The van der Waals surface area contributed by atoms with Crippen LogP contribution >= 0.6 is 11.8 Å². The van der Waals surface area contributed by atoms with Gasteiger partial charge in [-0.1, -0.05) is 18.2 Å². The molecule has 27 heavy (non-hydrogen) atoms. The van der Waals surface area contributed by atoms with Crippen LogP contribution in [0.1, 0.15) is 38.8 Å². The average molecular weight is 382 g/mol. The van der Waals surface area contributed by atoms with Crippen LogP contribution in [-0.2, 0) is 4.79 Å². The van der Waals surface area contributed by atoms with Crippen LogP contribution in [0.3, 0.4) is 0 Å². The van der Waals surface area contributed by atoms with Crippen LogP contribution in [0.15, 0.2) is 47.4 Å². The summed E-state index contributed by atoms with van der Waals surface area (Å²) >= 11 is 1.66. The number of hydrogen-bond acceptors (Lipinski definition) is 4. The van der Waals surface area contributed by atoms with E-state index in [1.807, 2.05) is 0 Å². The van der Waals surface area contributed by atoms with E-state index >= 15 is 0 Å². The molecule has 2 aromatic carbocycles. The van der Waals surface area contributed by atoms with E-state index in [0.29, 0.717) is 23.4 Å². The van der Waals surface area contributed by atoms with Crippen molar-refractivity contribution in [3.63, 3.8) is 0 Å². The molecule has 2 aromatic rings. The van der Waals surface area contributed by atoms with Crippen molar-refractivity contribution in [3.05, 3.63) is 64.7 Å². The molecule has 0 aromatic heterocycles. The second kappa shape index (κ2) is 7.96. The van der Waals surface area contributed by atoms with Gasteiger partial charge >= 0.3 is 0 Å². The summed E-state index contributed by atoms with van der Waals surface area (Å²) in [6, 6.07) is 12.1. The first-order valence-electron chi connectivity index (χ1n) is 8.85. The van der Waals surface area contributed by atoms with Crippen molar-refractivity contribution in [3.8, 4) is 0 Å². The highest BCUT2D eigenvalue weighted by atomic mass is 32.2. The topological polar surface area (TPSA) is 66.5 Å². The largest absolute Gasteiger partial charge is 0.353 e. The van der Waals surface area contributed by atoms with Crippen molar-refractivity contribution in [2.75, 3.05) is 12.3 Å². The third kappa shape index (κ3) is 3.90. The molecule has 1 N–H and O–H groups in total. The summed E-state index contributed by atoms with van der Waals surface area (Å²) in [5.74, 6) is -0.445. The Hall–Kier alpha value is -2.60. The minimum Gasteiger partial charge on any atom is -0.353 e. The summed E-state index contributed by atoms with van der Waals surface area (Å²) in [7, 11) is 0. The maximum absolute atomic E-state index is 12.4. The van der Waals surface area contributed by atoms with Gasteiger partial charge in [0.15, 0.2) is 0 Å². The Labute approximate surface area is 163 Å². The predicted molar refractivity (Wildman–Crippen MR) is 106 cm³/mol. The number of nitrogens with zero attached hydrogens (tertiary/aromatic N) is 1. The van der Waals surface area contributed by atoms with E-state index in [4.69, 9.17) is 0 Å². The molecule has 0 fully saturated rings. The molecule has 0 saturated heterocycles. The van der Waals surface area contributed by atoms with Gasteiger partial charge in [0.1, 0.15) is 6.04 Å². The van der Waals surface area contributed by atoms with E-state index in [-0.39, 0.29) is 5.91 Å². The molecule has 0 spiro atoms. The minimum atomic E-state index is -0.844. The van der Waals surface area contributed by atoms with Gasteiger partial charge in [-0.3, -0.25) is 19.3 Å². The van der Waals surface area contributed by atoms with Gasteiger partial charge in [-0.25, -0.2) is 0 Å². The molecular formula is C21H22N2O3S. The predicted octanol–water partition coefficient (Wildman–Crippen LogP) is 3.20. The first-order chi connectivity index (χ1) is 12.9. The second-order valence-electron chi connectivity index (χ2n) is 6.59. The molecule has 3 rings (SSSR count). The lowest BCUT2D eigenvalue weighted by Crippen LogP contribution is -2.48. The Morgan fingerprint density at radius 2 is 1.67 bits per heavy atom. The molecule has 0 radical (unpaired) electrons. The molecule has 140 valence electrons. The van der Waals surface area contributed by atoms with Crippen molar-refractivity contribution in [2.24, 2.45) is 0 Å². The number of aryl methyl sites for hydroxylation is 2. The van der Waals surface area contributed by atoms with E-state index in [1.54, 1.807) is 43.0 Å². The Bertz CT molecular complexity index is 875. The van der Waals surface area contributed by atoms with Gasteiger partial charge in [0.25, 0.3) is 11.8 Å². The molecule has 1 aliphatic heterocycles. The molecule has 0 saturated carbocycles. The number of fused-ring (bicyclic) bond motifs is 1. The Kier molecular flexibility index (Phi) is 5.65. The number of hydrogen-bond donors (Lipinski definition) is 1. The van der Waals surface area contributed by atoms with Crippen molar-refractivity contribution in [1.29, 1.82) is 0 Å². The summed E-state index contributed by atoms with van der Waals surface area (Å²) in [4.78, 5) is 39.5. The summed E-state index contributed by atoms with van der Waals surface area (Å²) in [6.45, 7) is 6.19. The fourth-order valence-electron chi connectivity index (χ4n) is 2.97. The molecule has 0 aliphatic carbocycles. The first-order valence-corrected chi connectivity index (χ1v) is 9.83. The Morgan fingerprint density at radius 1 is 1.04 bits per heavy atom. The van der Waals surface area contributed by atoms with Crippen LogP contribution in [0, 0.1) is 13.8 Å². The average Bonchev–Trinajstić information content (AvgIpc) is 2.92. The maximum atomic E-state index is 12.4. The number of imide groups is 1. The monoisotopic (exact) mass is 382 g/mol. The van der Waals surface area contributed by atoms with Crippen molar-refractivity contribution >= 4 is 29.5 Å². The van der Waals surface area contributed by atoms with Gasteiger partial charge in [-0.15, -0.1) is 11.8 Å². The van der Waals surface area contributed by atoms with Crippen LogP contribution in [-0.4, -0.2) is 41.0 Å². The lowest BCUT2D eigenvalue weighted by molar-refractivity contribution is -0.124. The second-order valence-corrected chi connectivity index (χ2v) is 7.76. The molecule has 1 aliphatic rings. The number of amides is 3. The fourth-order valence-corrected chi connectivity index (χ4v) is 3.84. The third-order valence-corrected chi connectivity index (χ3v) is 5.74. The number of rotatable bonds is 6. The number of carbonyl (C=O) groups is 3. The first kappa shape index (κ1) is 19.2. The van der Waals surface area contributed by atoms with Crippen LogP contribution in [0.5, 0.6) is 0 Å². The Morgan fingerprint density at radius 3 is 2.26 bits per heavy atom. The number of carbonyl (C=O) groups excluding carboxylic acids is 3. The Balaban J connectivity index is 1.53. The molecule has 5 nitrogen and oxygen atoms in total. The number of nitrogens with one attached hydrogen (secondary N) is 1. The van der Waals surface area contributed by atoms with E-state index in [1.165, 1.54) is 11.1 Å². The zero-order valence-electron chi connectivity index (χ0n) is 15.6. The standard InChI is InChI=1S/C21H22N2O3S/c1-13-8-9-16(12-14(13)2)27-11-10-22-19(24)15(3)23-20(25)17-6-4-5-7-18(17)21(23)26/h4-9,12,15H,10-11H2,1-3H3,(H,22,24). The van der Waals surface area contributed by atoms with Crippen LogP contribution in [0.4, 0.5) is 0 Å². The highest BCUT2D eigenvalue weighted by Gasteiger charge is 2.40. The van der Waals surface area contributed by atoms with E-state index in [0.717, 1.165) is 9.80 Å². The molecule has 1 atom stereocenters. The van der Waals surface area contributed by atoms with E-state index < -0.39 is 17.9 Å². The lowest BCUT2D eigenvalue weighted by Gasteiger charge is -2.21. The highest BCUT2D eigenvalue weighted by Crippen LogP contribution is 2.24. The quantitative estimate of drug-likeness (QED) is 0.473. The molecular weight excluding hydrogens is 360 g/mol. The number of thioether (sulfide) groups is 1. The van der Waals surface area contributed by atoms with Crippen molar-refractivity contribution in [2.45, 2.75) is 31.7 Å². The van der Waals surface area contributed by atoms with Gasteiger partial charge in [0.05, 0.1) is 11.1 Å². The normalized spacial score (nSPS) is 14.3. The smallest absolute Gasteiger partial charge is 0.262 e. The van der Waals surface area contributed by atoms with Crippen molar-refractivity contribution < 1.29 is 14.4 Å². The van der Waals surface area contributed by atoms with Gasteiger partial charge in [0.2, 0.25) is 5.91 Å². The van der Waals surface area contributed by atoms with Gasteiger partial charge in [-0.05, 0) is 56.2 Å². The molecule has 1 unspecified atom stereocenters. The molecule has 3 amide bonds. The zero-order valence-corrected chi connectivity index (χ0v) is 16.4. The zero-order chi connectivity index (χ0) is 19.6. The minimum absolute atomic E-state index is 0.329. The van der Waals surface area contributed by atoms with E-state index in [9.17, 15) is 14.4 Å². The van der Waals surface area contributed by atoms with Crippen molar-refractivity contribution in [1.82, 2.24) is 10.2 Å². The summed E-state index contributed by atoms with van der Waals surface area (Å²) < 4.78 is 0. The fraction of sp³-hybridized carbons (Fsp3) is 0.286. The van der Waals surface area contributed by atoms with Crippen LogP contribution in [0.2, 0.25) is 0 Å². The summed E-state index contributed by atoms with van der Waals surface area (Å²) in [5, 5.41) is 2.82. The van der Waals surface area contributed by atoms with Crippen LogP contribution < -0.4 is 5.32 Å². The lowest BCUT2D eigenvalue weighted by atomic mass is 10.1. The van der Waals surface area contributed by atoms with Crippen LogP contribution in [0.25, 0.3) is 0 Å². The molecule has 6 heteroatoms. The van der Waals surface area contributed by atoms with Gasteiger partial charge in [0, 0.05) is 17.2 Å². The summed E-state index contributed by atoms with van der Waals surface area (Å²) in [5.41, 5.74) is 3.20. The SMILES string of the molecule is Cc1ccc(SCCNC(=O)C(C)N2C(=O)c3ccccc3C2=O)cc1C. The van der Waals surface area contributed by atoms with E-state index in [2.05, 4.69) is 37.4 Å². The number of benzene rings is 2. The van der Waals surface area contributed by atoms with Gasteiger partial charge in [-0.2, -0.15) is 0 Å². The summed E-state index contributed by atoms with van der Waals surface area (Å²) in [6.07, 6.45) is 0. The molecule has 0 bridgehead atoms. The molecule has 1 heterocycles.